The van der Waals surface area contributed by atoms with Gasteiger partial charge in [-0.15, -0.1) is 0 Å². The summed E-state index contributed by atoms with van der Waals surface area (Å²) in [5.74, 6) is 6.99. The Bertz CT molecular complexity index is 843. The van der Waals surface area contributed by atoms with E-state index in [1.54, 1.807) is 6.33 Å². The largest absolute Gasteiger partial charge is 0.476 e. The molecule has 2 aromatic heterocycles. The van der Waals surface area contributed by atoms with Crippen LogP contribution in [-0.2, 0) is 6.54 Å². The monoisotopic (exact) mass is 292 g/mol. The highest BCUT2D eigenvalue weighted by molar-refractivity contribution is 5.76. The molecule has 110 valence electrons. The lowest BCUT2D eigenvalue weighted by atomic mass is 10.2. The zero-order chi connectivity index (χ0) is 15.4. The van der Waals surface area contributed by atoms with Crippen LogP contribution in [0.4, 0.5) is 0 Å². The highest BCUT2D eigenvalue weighted by Crippen LogP contribution is 2.20. The Morgan fingerprint density at radius 1 is 1.09 bits per heavy atom. The summed E-state index contributed by atoms with van der Waals surface area (Å²) in [4.78, 5) is 13.2. The molecule has 5 nitrogen and oxygen atoms in total. The van der Waals surface area contributed by atoms with Crippen LogP contribution in [0.2, 0.25) is 0 Å². The normalized spacial score (nSPS) is 10.3. The van der Waals surface area contributed by atoms with Gasteiger partial charge in [0, 0.05) is 12.1 Å². The summed E-state index contributed by atoms with van der Waals surface area (Å²) in [5, 5.41) is 0. The molecule has 2 heterocycles. The van der Waals surface area contributed by atoms with E-state index in [4.69, 9.17) is 4.74 Å². The summed E-state index contributed by atoms with van der Waals surface area (Å²) in [5.41, 5.74) is 2.35. The fraction of sp³-hybridized carbons (Fsp3) is 0.235. The molecule has 0 saturated carbocycles. The van der Waals surface area contributed by atoms with Crippen LogP contribution in [0.3, 0.4) is 0 Å². The van der Waals surface area contributed by atoms with Crippen LogP contribution in [0, 0.1) is 11.8 Å². The average molecular weight is 292 g/mol. The first-order chi connectivity index (χ1) is 10.8. The number of ether oxygens (including phenoxy) is 1. The molecule has 0 bridgehead atoms. The molecule has 0 aliphatic rings. The first-order valence-corrected chi connectivity index (χ1v) is 7.24. The molecule has 0 fully saturated rings. The molecule has 0 radical (unpaired) electrons. The summed E-state index contributed by atoms with van der Waals surface area (Å²) in [6.45, 7) is 5.26. The molecule has 0 N–H and O–H groups in total. The standard InChI is InChI=1S/C17H16N4O/c1-3-21-12-18-15-16(21)19-14(20-17(15)22-4-2)11-10-13-8-6-5-7-9-13/h5-9,12H,3-4H2,1-2H3. The molecule has 22 heavy (non-hydrogen) atoms. The number of aryl methyl sites for hydroxylation is 1. The topological polar surface area (TPSA) is 52.8 Å². The number of rotatable bonds is 3. The lowest BCUT2D eigenvalue weighted by molar-refractivity contribution is 0.330. The lowest BCUT2D eigenvalue weighted by Crippen LogP contribution is -2.02. The van der Waals surface area contributed by atoms with Crippen molar-refractivity contribution < 1.29 is 4.74 Å². The average Bonchev–Trinajstić information content (AvgIpc) is 2.97. The summed E-state index contributed by atoms with van der Waals surface area (Å²) < 4.78 is 7.53. The molecule has 0 aliphatic heterocycles. The van der Waals surface area contributed by atoms with Crippen molar-refractivity contribution in [2.45, 2.75) is 20.4 Å². The van der Waals surface area contributed by atoms with E-state index in [1.807, 2.05) is 48.7 Å². The quantitative estimate of drug-likeness (QED) is 0.696. The molecule has 0 spiro atoms. The van der Waals surface area contributed by atoms with Crippen LogP contribution in [0.25, 0.3) is 11.2 Å². The van der Waals surface area contributed by atoms with Gasteiger partial charge in [-0.1, -0.05) is 24.1 Å². The van der Waals surface area contributed by atoms with Crippen molar-refractivity contribution >= 4 is 11.2 Å². The maximum atomic E-state index is 5.57. The lowest BCUT2D eigenvalue weighted by Gasteiger charge is -2.04. The first-order valence-electron chi connectivity index (χ1n) is 7.24. The van der Waals surface area contributed by atoms with E-state index >= 15 is 0 Å². The van der Waals surface area contributed by atoms with E-state index in [0.717, 1.165) is 17.8 Å². The highest BCUT2D eigenvalue weighted by atomic mass is 16.5. The number of hydrogen-bond donors (Lipinski definition) is 0. The van der Waals surface area contributed by atoms with E-state index in [2.05, 4.69) is 26.8 Å². The molecule has 3 aromatic rings. The van der Waals surface area contributed by atoms with E-state index in [9.17, 15) is 0 Å². The Kier molecular flexibility index (Phi) is 4.01. The van der Waals surface area contributed by atoms with Crippen molar-refractivity contribution in [2.24, 2.45) is 0 Å². The Hall–Kier alpha value is -2.87. The third-order valence-corrected chi connectivity index (χ3v) is 3.15. The molecule has 0 saturated heterocycles. The molecule has 0 unspecified atom stereocenters. The molecular weight excluding hydrogens is 276 g/mol. The first kappa shape index (κ1) is 14.1. The van der Waals surface area contributed by atoms with Crippen LogP contribution in [0.15, 0.2) is 36.7 Å². The second kappa shape index (κ2) is 6.27. The molecule has 1 aromatic carbocycles. The third-order valence-electron chi connectivity index (χ3n) is 3.15. The van der Waals surface area contributed by atoms with E-state index in [-0.39, 0.29) is 0 Å². The van der Waals surface area contributed by atoms with Crippen LogP contribution >= 0.6 is 0 Å². The molecule has 0 atom stereocenters. The number of nitrogens with zero attached hydrogens (tertiary/aromatic N) is 4. The van der Waals surface area contributed by atoms with Crippen LogP contribution in [-0.4, -0.2) is 26.1 Å². The van der Waals surface area contributed by atoms with Gasteiger partial charge in [-0.3, -0.25) is 0 Å². The van der Waals surface area contributed by atoms with E-state index in [0.29, 0.717) is 23.8 Å². The van der Waals surface area contributed by atoms with Gasteiger partial charge in [0.05, 0.1) is 12.9 Å². The minimum atomic E-state index is 0.440. The van der Waals surface area contributed by atoms with Crippen LogP contribution in [0.5, 0.6) is 5.88 Å². The van der Waals surface area contributed by atoms with E-state index in [1.165, 1.54) is 0 Å². The van der Waals surface area contributed by atoms with Gasteiger partial charge in [0.15, 0.2) is 11.2 Å². The van der Waals surface area contributed by atoms with Gasteiger partial charge < -0.3 is 9.30 Å². The van der Waals surface area contributed by atoms with Gasteiger partial charge in [0.25, 0.3) is 0 Å². The van der Waals surface area contributed by atoms with Crippen molar-refractivity contribution in [2.75, 3.05) is 6.61 Å². The van der Waals surface area contributed by atoms with Crippen molar-refractivity contribution in [3.05, 3.63) is 48.0 Å². The summed E-state index contributed by atoms with van der Waals surface area (Å²) in [6, 6.07) is 9.76. The fourth-order valence-corrected chi connectivity index (χ4v) is 2.09. The Balaban J connectivity index is 2.08. The number of hydrogen-bond acceptors (Lipinski definition) is 4. The second-order valence-electron chi connectivity index (χ2n) is 4.60. The Labute approximate surface area is 129 Å². The second-order valence-corrected chi connectivity index (χ2v) is 4.60. The van der Waals surface area contributed by atoms with Crippen LogP contribution in [0.1, 0.15) is 25.2 Å². The molecule has 0 amide bonds. The molecule has 5 heteroatoms. The SMILES string of the molecule is CCOc1nc(C#Cc2ccccc2)nc2c1ncn2CC. The zero-order valence-electron chi connectivity index (χ0n) is 12.6. The van der Waals surface area contributed by atoms with Gasteiger partial charge in [-0.2, -0.15) is 4.98 Å². The smallest absolute Gasteiger partial charge is 0.246 e. The Morgan fingerprint density at radius 3 is 2.64 bits per heavy atom. The highest BCUT2D eigenvalue weighted by Gasteiger charge is 2.12. The number of imidazole rings is 1. The summed E-state index contributed by atoms with van der Waals surface area (Å²) >= 11 is 0. The zero-order valence-corrected chi connectivity index (χ0v) is 12.6. The maximum absolute atomic E-state index is 5.57. The van der Waals surface area contributed by atoms with Gasteiger partial charge in [0.1, 0.15) is 0 Å². The molecule has 3 rings (SSSR count). The number of aromatic nitrogens is 4. The van der Waals surface area contributed by atoms with Crippen LogP contribution < -0.4 is 4.74 Å². The summed E-state index contributed by atoms with van der Waals surface area (Å²) in [6.07, 6.45) is 1.75. The minimum absolute atomic E-state index is 0.440. The van der Waals surface area contributed by atoms with Gasteiger partial charge in [-0.25, -0.2) is 9.97 Å². The maximum Gasteiger partial charge on any atom is 0.246 e. The van der Waals surface area contributed by atoms with Gasteiger partial charge in [0.2, 0.25) is 11.7 Å². The third kappa shape index (κ3) is 2.77. The summed E-state index contributed by atoms with van der Waals surface area (Å²) in [7, 11) is 0. The Morgan fingerprint density at radius 2 is 1.91 bits per heavy atom. The fourth-order valence-electron chi connectivity index (χ4n) is 2.09. The van der Waals surface area contributed by atoms with Crippen molar-refractivity contribution in [1.82, 2.24) is 19.5 Å². The van der Waals surface area contributed by atoms with Gasteiger partial charge in [-0.05, 0) is 31.9 Å². The minimum Gasteiger partial charge on any atom is -0.476 e. The van der Waals surface area contributed by atoms with Crippen molar-refractivity contribution in [1.29, 1.82) is 0 Å². The predicted molar refractivity (Wildman–Crippen MR) is 84.6 cm³/mol. The van der Waals surface area contributed by atoms with Crippen molar-refractivity contribution in [3.63, 3.8) is 0 Å². The van der Waals surface area contributed by atoms with Gasteiger partial charge >= 0.3 is 0 Å². The van der Waals surface area contributed by atoms with Crippen molar-refractivity contribution in [3.8, 4) is 17.7 Å². The van der Waals surface area contributed by atoms with E-state index < -0.39 is 0 Å². The molecular formula is C17H16N4O. The molecule has 0 aliphatic carbocycles. The number of benzene rings is 1. The predicted octanol–water partition coefficient (Wildman–Crippen LogP) is 2.64. The number of fused-ring (bicyclic) bond motifs is 1.